The minimum atomic E-state index is -3.37. The third-order valence-corrected chi connectivity index (χ3v) is 5.36. The Bertz CT molecular complexity index is 917. The molecule has 178 valence electrons. The van der Waals surface area contributed by atoms with Crippen LogP contribution in [0.3, 0.4) is 0 Å². The molecule has 3 N–H and O–H groups in total. The lowest BCUT2D eigenvalue weighted by Gasteiger charge is -2.32. The van der Waals surface area contributed by atoms with Crippen LogP contribution in [0.4, 0.5) is 10.5 Å². The molecule has 0 atom stereocenters. The van der Waals surface area contributed by atoms with Gasteiger partial charge in [-0.15, -0.1) is 0 Å². The Morgan fingerprint density at radius 2 is 1.66 bits per heavy atom. The van der Waals surface area contributed by atoms with Crippen LogP contribution in [0.1, 0.15) is 44.0 Å². The molecule has 0 aliphatic carbocycles. The van der Waals surface area contributed by atoms with Crippen molar-refractivity contribution >= 4 is 33.6 Å². The monoisotopic (exact) mass is 468 g/mol. The number of carbonyl (C=O) groups is 3. The molecule has 2 rings (SSSR count). The first-order valence-electron chi connectivity index (χ1n) is 10.4. The van der Waals surface area contributed by atoms with Crippen LogP contribution in [0, 0.1) is 5.92 Å². The summed E-state index contributed by atoms with van der Waals surface area (Å²) in [6, 6.07) is 6.18. The van der Waals surface area contributed by atoms with Crippen LogP contribution < -0.4 is 15.4 Å². The normalized spacial score (nSPS) is 15.1. The molecule has 32 heavy (non-hydrogen) atoms. The molecule has 0 aromatic heterocycles. The van der Waals surface area contributed by atoms with Crippen molar-refractivity contribution in [2.75, 3.05) is 37.2 Å². The summed E-state index contributed by atoms with van der Waals surface area (Å²) in [5.41, 5.74) is 0.206. The number of ether oxygens (including phenoxy) is 1. The van der Waals surface area contributed by atoms with Crippen LogP contribution in [-0.4, -0.2) is 69.3 Å². The molecule has 1 fully saturated rings. The highest BCUT2D eigenvalue weighted by molar-refractivity contribution is 7.92. The highest BCUT2D eigenvalue weighted by atomic mass is 32.2. The van der Waals surface area contributed by atoms with E-state index < -0.39 is 21.7 Å². The van der Waals surface area contributed by atoms with Gasteiger partial charge in [0.1, 0.15) is 12.1 Å². The van der Waals surface area contributed by atoms with Crippen LogP contribution in [0.25, 0.3) is 0 Å². The highest BCUT2D eigenvalue weighted by Crippen LogP contribution is 2.17. The molecule has 0 bridgehead atoms. The molecule has 3 amide bonds. The first kappa shape index (κ1) is 25.4. The number of benzene rings is 1. The molecule has 0 unspecified atom stereocenters. The number of nitrogens with one attached hydrogen (secondary N) is 3. The number of nitrogens with zero attached hydrogens (tertiary/aromatic N) is 1. The number of rotatable bonds is 7. The van der Waals surface area contributed by atoms with E-state index >= 15 is 0 Å². The Balaban J connectivity index is 1.71. The van der Waals surface area contributed by atoms with Gasteiger partial charge in [-0.25, -0.2) is 13.2 Å². The molecule has 1 aliphatic heterocycles. The van der Waals surface area contributed by atoms with Gasteiger partial charge in [-0.1, -0.05) is 0 Å². The van der Waals surface area contributed by atoms with E-state index in [1.807, 2.05) is 0 Å². The summed E-state index contributed by atoms with van der Waals surface area (Å²) in [7, 11) is -3.37. The predicted molar refractivity (Wildman–Crippen MR) is 121 cm³/mol. The number of alkyl carbamates (subject to hydrolysis) is 1. The van der Waals surface area contributed by atoms with Crippen molar-refractivity contribution in [1.82, 2.24) is 15.5 Å². The number of hydrogen-bond acceptors (Lipinski definition) is 6. The minimum absolute atomic E-state index is 0.111. The maximum atomic E-state index is 12.3. The summed E-state index contributed by atoms with van der Waals surface area (Å²) >= 11 is 0. The molecule has 0 spiro atoms. The van der Waals surface area contributed by atoms with E-state index in [1.165, 1.54) is 12.1 Å². The lowest BCUT2D eigenvalue weighted by Crippen LogP contribution is -2.46. The standard InChI is InChI=1S/C21H32N4O6S/c1-21(2,3)31-20(28)23-14-18(26)25-11-9-15(10-12-25)13-22-19(27)16-5-7-17(8-6-16)24-32(4,29)30/h5-8,15,24H,9-14H2,1-4H3,(H,22,27)(H,23,28). The van der Waals surface area contributed by atoms with Gasteiger partial charge in [0.15, 0.2) is 0 Å². The molecule has 1 aliphatic rings. The van der Waals surface area contributed by atoms with Crippen LogP contribution >= 0.6 is 0 Å². The van der Waals surface area contributed by atoms with Crippen molar-refractivity contribution in [2.45, 2.75) is 39.2 Å². The Labute approximate surface area is 189 Å². The Hall–Kier alpha value is -2.82. The summed E-state index contributed by atoms with van der Waals surface area (Å²) in [5.74, 6) is -0.162. The van der Waals surface area contributed by atoms with E-state index in [4.69, 9.17) is 4.74 Å². The molecule has 10 nitrogen and oxygen atoms in total. The van der Waals surface area contributed by atoms with Crippen molar-refractivity contribution in [1.29, 1.82) is 0 Å². The van der Waals surface area contributed by atoms with E-state index in [0.717, 1.165) is 19.1 Å². The number of hydrogen-bond donors (Lipinski definition) is 3. The fourth-order valence-electron chi connectivity index (χ4n) is 3.20. The average Bonchev–Trinajstić information content (AvgIpc) is 2.68. The van der Waals surface area contributed by atoms with Crippen LogP contribution in [0.15, 0.2) is 24.3 Å². The zero-order valence-electron chi connectivity index (χ0n) is 18.9. The van der Waals surface area contributed by atoms with Crippen molar-refractivity contribution in [3.8, 4) is 0 Å². The van der Waals surface area contributed by atoms with Crippen molar-refractivity contribution in [3.05, 3.63) is 29.8 Å². The second-order valence-electron chi connectivity index (χ2n) is 8.84. The van der Waals surface area contributed by atoms with Gasteiger partial charge in [0.25, 0.3) is 5.91 Å². The second kappa shape index (κ2) is 10.7. The van der Waals surface area contributed by atoms with Crippen LogP contribution in [0.2, 0.25) is 0 Å². The number of likely N-dealkylation sites (tertiary alicyclic amines) is 1. The zero-order chi connectivity index (χ0) is 23.9. The quantitative estimate of drug-likeness (QED) is 0.556. The summed E-state index contributed by atoms with van der Waals surface area (Å²) < 4.78 is 29.9. The molecule has 1 saturated heterocycles. The summed E-state index contributed by atoms with van der Waals surface area (Å²) in [6.07, 6.45) is 1.93. The Morgan fingerprint density at radius 3 is 2.19 bits per heavy atom. The molecular formula is C21H32N4O6S. The van der Waals surface area contributed by atoms with Gasteiger partial charge in [0.05, 0.1) is 6.26 Å². The Morgan fingerprint density at radius 1 is 1.06 bits per heavy atom. The topological polar surface area (TPSA) is 134 Å². The fourth-order valence-corrected chi connectivity index (χ4v) is 3.77. The van der Waals surface area contributed by atoms with Gasteiger partial charge >= 0.3 is 6.09 Å². The van der Waals surface area contributed by atoms with Gasteiger partial charge < -0.3 is 20.3 Å². The lowest BCUT2D eigenvalue weighted by molar-refractivity contribution is -0.131. The largest absolute Gasteiger partial charge is 0.444 e. The maximum absolute atomic E-state index is 12.3. The molecule has 1 aromatic carbocycles. The Kier molecular flexibility index (Phi) is 8.48. The lowest BCUT2D eigenvalue weighted by atomic mass is 9.96. The van der Waals surface area contributed by atoms with Crippen LogP contribution in [0.5, 0.6) is 0 Å². The molecule has 1 heterocycles. The predicted octanol–water partition coefficient (Wildman–Crippen LogP) is 1.55. The van der Waals surface area contributed by atoms with Crippen molar-refractivity contribution in [2.24, 2.45) is 5.92 Å². The highest BCUT2D eigenvalue weighted by Gasteiger charge is 2.24. The summed E-state index contributed by atoms with van der Waals surface area (Å²) in [5, 5.41) is 5.36. The molecule has 11 heteroatoms. The van der Waals surface area contributed by atoms with E-state index in [2.05, 4.69) is 15.4 Å². The van der Waals surface area contributed by atoms with Gasteiger partial charge in [0, 0.05) is 30.9 Å². The van der Waals surface area contributed by atoms with Crippen molar-refractivity contribution in [3.63, 3.8) is 0 Å². The van der Waals surface area contributed by atoms with Crippen molar-refractivity contribution < 1.29 is 27.5 Å². The number of sulfonamides is 1. The molecule has 1 aromatic rings. The minimum Gasteiger partial charge on any atom is -0.444 e. The van der Waals surface area contributed by atoms with Crippen LogP contribution in [-0.2, 0) is 19.6 Å². The molecular weight excluding hydrogens is 436 g/mol. The van der Waals surface area contributed by atoms with E-state index in [-0.39, 0.29) is 24.3 Å². The third-order valence-electron chi connectivity index (χ3n) is 4.75. The number of amides is 3. The number of anilines is 1. The van der Waals surface area contributed by atoms with Gasteiger partial charge in [-0.05, 0) is 63.8 Å². The SMILES string of the molecule is CC(C)(C)OC(=O)NCC(=O)N1CCC(CNC(=O)c2ccc(NS(C)(=O)=O)cc2)CC1. The average molecular weight is 469 g/mol. The van der Waals surface area contributed by atoms with E-state index in [1.54, 1.807) is 37.8 Å². The molecule has 0 saturated carbocycles. The first-order valence-corrected chi connectivity index (χ1v) is 12.3. The maximum Gasteiger partial charge on any atom is 0.408 e. The third kappa shape index (κ3) is 9.13. The zero-order valence-corrected chi connectivity index (χ0v) is 19.8. The fraction of sp³-hybridized carbons (Fsp3) is 0.571. The molecule has 0 radical (unpaired) electrons. The first-order chi connectivity index (χ1) is 14.8. The van der Waals surface area contributed by atoms with Gasteiger partial charge in [-0.2, -0.15) is 0 Å². The second-order valence-corrected chi connectivity index (χ2v) is 10.6. The van der Waals surface area contributed by atoms with E-state index in [0.29, 0.717) is 30.9 Å². The van der Waals surface area contributed by atoms with Gasteiger partial charge in [0.2, 0.25) is 15.9 Å². The number of carbonyl (C=O) groups excluding carboxylic acids is 3. The summed E-state index contributed by atoms with van der Waals surface area (Å²) in [4.78, 5) is 38.0. The van der Waals surface area contributed by atoms with Gasteiger partial charge in [-0.3, -0.25) is 14.3 Å². The smallest absolute Gasteiger partial charge is 0.408 e. The van der Waals surface area contributed by atoms with E-state index in [9.17, 15) is 22.8 Å². The number of piperidine rings is 1. The summed E-state index contributed by atoms with van der Waals surface area (Å²) in [6.45, 7) is 6.75.